The second kappa shape index (κ2) is 9.61. The Morgan fingerprint density at radius 1 is 1.23 bits per heavy atom. The molecule has 0 bridgehead atoms. The van der Waals surface area contributed by atoms with E-state index in [1.807, 2.05) is 12.1 Å². The van der Waals surface area contributed by atoms with E-state index >= 15 is 0 Å². The molecule has 0 spiro atoms. The molecule has 4 heteroatoms. The van der Waals surface area contributed by atoms with E-state index in [4.69, 9.17) is 10.5 Å². The van der Waals surface area contributed by atoms with Crippen LogP contribution in [0.25, 0.3) is 0 Å². The molecule has 4 N–H and O–H groups in total. The Hall–Kier alpha value is -1.26. The third-order valence-electron chi connectivity index (χ3n) is 5.39. The predicted molar refractivity (Wildman–Crippen MR) is 107 cm³/mol. The van der Waals surface area contributed by atoms with Gasteiger partial charge in [-0.3, -0.25) is 0 Å². The highest BCUT2D eigenvalue weighted by Crippen LogP contribution is 2.37. The van der Waals surface area contributed by atoms with Gasteiger partial charge in [0, 0.05) is 11.6 Å². The van der Waals surface area contributed by atoms with Gasteiger partial charge in [-0.05, 0) is 62.5 Å². The van der Waals surface area contributed by atoms with Gasteiger partial charge in [0.15, 0.2) is 0 Å². The van der Waals surface area contributed by atoms with Crippen LogP contribution in [0.15, 0.2) is 18.2 Å². The molecule has 1 unspecified atom stereocenters. The van der Waals surface area contributed by atoms with E-state index in [1.54, 1.807) is 6.07 Å². The zero-order chi connectivity index (χ0) is 19.2. The molecule has 1 aromatic carbocycles. The van der Waals surface area contributed by atoms with Crippen molar-refractivity contribution in [1.29, 1.82) is 0 Å². The molecule has 0 aromatic heterocycles. The molecule has 1 aromatic rings. The number of hydrogen-bond donors (Lipinski definition) is 3. The van der Waals surface area contributed by atoms with E-state index in [-0.39, 0.29) is 18.5 Å². The number of rotatable bonds is 12. The van der Waals surface area contributed by atoms with Crippen LogP contribution in [0.4, 0.5) is 0 Å². The second-order valence-corrected chi connectivity index (χ2v) is 8.71. The number of nitrogens with two attached hydrogens (primary N) is 1. The predicted octanol–water partition coefficient (Wildman–Crippen LogP) is 4.41. The van der Waals surface area contributed by atoms with Crippen molar-refractivity contribution in [1.82, 2.24) is 0 Å². The summed E-state index contributed by atoms with van der Waals surface area (Å²) in [7, 11) is 0. The number of benzene rings is 1. The highest BCUT2D eigenvalue weighted by Gasteiger charge is 2.33. The summed E-state index contributed by atoms with van der Waals surface area (Å²) in [6.45, 7) is 6.55. The van der Waals surface area contributed by atoms with Gasteiger partial charge in [-0.15, -0.1) is 0 Å². The first-order valence-corrected chi connectivity index (χ1v) is 10.2. The molecule has 2 rings (SSSR count). The number of hydrogen-bond acceptors (Lipinski definition) is 4. The monoisotopic (exact) mass is 363 g/mol. The molecular formula is C22H37NO3. The standard InChI is InChI=1S/C22H37NO3/c1-16(2)5-4-6-17(3)26-20-10-9-19(21(25)13-20)11-12-22(23,15-24)14-18-7-8-18/h9-10,13,16-18,24-25H,4-8,11-12,14-15,23H2,1-3H3/t17-,22?/m0/s1. The van der Waals surface area contributed by atoms with Gasteiger partial charge in [0.05, 0.1) is 12.7 Å². The quantitative estimate of drug-likeness (QED) is 0.514. The second-order valence-electron chi connectivity index (χ2n) is 8.71. The summed E-state index contributed by atoms with van der Waals surface area (Å²) < 4.78 is 5.93. The maximum Gasteiger partial charge on any atom is 0.123 e. The van der Waals surface area contributed by atoms with Crippen LogP contribution in [-0.2, 0) is 6.42 Å². The fourth-order valence-electron chi connectivity index (χ4n) is 3.46. The minimum absolute atomic E-state index is 0.000646. The van der Waals surface area contributed by atoms with Crippen molar-refractivity contribution in [3.05, 3.63) is 23.8 Å². The van der Waals surface area contributed by atoms with Crippen LogP contribution in [0.3, 0.4) is 0 Å². The minimum Gasteiger partial charge on any atom is -0.508 e. The van der Waals surface area contributed by atoms with Gasteiger partial charge in [0.1, 0.15) is 11.5 Å². The average molecular weight is 364 g/mol. The van der Waals surface area contributed by atoms with E-state index in [0.29, 0.717) is 24.5 Å². The van der Waals surface area contributed by atoms with E-state index in [0.717, 1.165) is 30.7 Å². The number of aliphatic hydroxyl groups is 1. The molecule has 148 valence electrons. The molecule has 1 fully saturated rings. The molecule has 0 heterocycles. The Labute approximate surface area is 158 Å². The lowest BCUT2D eigenvalue weighted by molar-refractivity contribution is 0.172. The Kier molecular flexibility index (Phi) is 7.78. The molecule has 2 atom stereocenters. The smallest absolute Gasteiger partial charge is 0.123 e. The third-order valence-corrected chi connectivity index (χ3v) is 5.39. The lowest BCUT2D eigenvalue weighted by Gasteiger charge is -2.27. The SMILES string of the molecule is CC(C)CCC[C@H](C)Oc1ccc(CCC(N)(CO)CC2CC2)c(O)c1. The number of aromatic hydroxyl groups is 1. The van der Waals surface area contributed by atoms with Gasteiger partial charge in [-0.25, -0.2) is 0 Å². The molecule has 0 aliphatic heterocycles. The fourth-order valence-corrected chi connectivity index (χ4v) is 3.46. The van der Waals surface area contributed by atoms with E-state index in [1.165, 1.54) is 19.3 Å². The number of phenols is 1. The first-order valence-electron chi connectivity index (χ1n) is 10.2. The summed E-state index contributed by atoms with van der Waals surface area (Å²) in [5.74, 6) is 2.36. The van der Waals surface area contributed by atoms with E-state index in [9.17, 15) is 10.2 Å². The van der Waals surface area contributed by atoms with Gasteiger partial charge in [0.25, 0.3) is 0 Å². The van der Waals surface area contributed by atoms with Gasteiger partial charge in [-0.1, -0.05) is 39.2 Å². The van der Waals surface area contributed by atoms with Crippen LogP contribution in [0, 0.1) is 11.8 Å². The lowest BCUT2D eigenvalue weighted by atomic mass is 9.87. The zero-order valence-corrected chi connectivity index (χ0v) is 16.7. The molecule has 4 nitrogen and oxygen atoms in total. The fraction of sp³-hybridized carbons (Fsp3) is 0.727. The van der Waals surface area contributed by atoms with Gasteiger partial charge < -0.3 is 20.7 Å². The Balaban J connectivity index is 1.84. The Morgan fingerprint density at radius 3 is 2.54 bits per heavy atom. The van der Waals surface area contributed by atoms with Crippen molar-refractivity contribution in [3.63, 3.8) is 0 Å². The lowest BCUT2D eigenvalue weighted by Crippen LogP contribution is -2.44. The number of aryl methyl sites for hydroxylation is 1. The average Bonchev–Trinajstić information content (AvgIpc) is 3.37. The maximum absolute atomic E-state index is 10.3. The largest absolute Gasteiger partial charge is 0.508 e. The van der Waals surface area contributed by atoms with Crippen LogP contribution >= 0.6 is 0 Å². The van der Waals surface area contributed by atoms with Crippen LogP contribution in [0.1, 0.15) is 71.3 Å². The number of aliphatic hydroxyl groups excluding tert-OH is 1. The molecule has 0 amide bonds. The van der Waals surface area contributed by atoms with Crippen LogP contribution in [0.5, 0.6) is 11.5 Å². The molecule has 0 radical (unpaired) electrons. The highest BCUT2D eigenvalue weighted by molar-refractivity contribution is 5.40. The summed E-state index contributed by atoms with van der Waals surface area (Å²) in [5, 5.41) is 20.0. The Morgan fingerprint density at radius 2 is 1.96 bits per heavy atom. The van der Waals surface area contributed by atoms with Crippen molar-refractivity contribution in [2.45, 2.75) is 83.8 Å². The van der Waals surface area contributed by atoms with E-state index < -0.39 is 5.54 Å². The van der Waals surface area contributed by atoms with Crippen LogP contribution in [0.2, 0.25) is 0 Å². The summed E-state index contributed by atoms with van der Waals surface area (Å²) in [4.78, 5) is 0. The van der Waals surface area contributed by atoms with Gasteiger partial charge in [-0.2, -0.15) is 0 Å². The van der Waals surface area contributed by atoms with Crippen molar-refractivity contribution in [3.8, 4) is 11.5 Å². The van der Waals surface area contributed by atoms with Crippen molar-refractivity contribution < 1.29 is 14.9 Å². The molecular weight excluding hydrogens is 326 g/mol. The third kappa shape index (κ3) is 7.16. The topological polar surface area (TPSA) is 75.7 Å². The summed E-state index contributed by atoms with van der Waals surface area (Å²) in [5.41, 5.74) is 6.67. The van der Waals surface area contributed by atoms with Crippen LogP contribution in [-0.4, -0.2) is 28.5 Å². The van der Waals surface area contributed by atoms with Crippen molar-refractivity contribution in [2.24, 2.45) is 17.6 Å². The van der Waals surface area contributed by atoms with Crippen molar-refractivity contribution >= 4 is 0 Å². The molecule has 1 saturated carbocycles. The van der Waals surface area contributed by atoms with Gasteiger partial charge >= 0.3 is 0 Å². The maximum atomic E-state index is 10.3. The molecule has 26 heavy (non-hydrogen) atoms. The first-order chi connectivity index (χ1) is 12.3. The molecule has 0 saturated heterocycles. The summed E-state index contributed by atoms with van der Waals surface area (Å²) in [6.07, 6.45) is 8.21. The highest BCUT2D eigenvalue weighted by atomic mass is 16.5. The normalized spacial score (nSPS) is 17.9. The van der Waals surface area contributed by atoms with Crippen LogP contribution < -0.4 is 10.5 Å². The van der Waals surface area contributed by atoms with E-state index in [2.05, 4.69) is 20.8 Å². The summed E-state index contributed by atoms with van der Waals surface area (Å²) in [6, 6.07) is 5.54. The Bertz CT molecular complexity index is 556. The first kappa shape index (κ1) is 21.0. The molecule has 1 aliphatic rings. The number of ether oxygens (including phenoxy) is 1. The molecule has 1 aliphatic carbocycles. The summed E-state index contributed by atoms with van der Waals surface area (Å²) >= 11 is 0. The minimum atomic E-state index is -0.534. The van der Waals surface area contributed by atoms with Gasteiger partial charge in [0.2, 0.25) is 0 Å². The van der Waals surface area contributed by atoms with Crippen molar-refractivity contribution in [2.75, 3.05) is 6.61 Å². The zero-order valence-electron chi connectivity index (χ0n) is 16.7. The number of phenolic OH excluding ortho intramolecular Hbond substituents is 1.